The number of aromatic nitrogens is 2. The van der Waals surface area contributed by atoms with Gasteiger partial charge in [-0.1, -0.05) is 11.6 Å². The minimum absolute atomic E-state index is 0.0378. The number of nitro benzene ring substituents is 1. The second-order valence-corrected chi connectivity index (χ2v) is 4.99. The van der Waals surface area contributed by atoms with Crippen LogP contribution in [0.15, 0.2) is 48.5 Å². The topological polar surface area (TPSA) is 92.1 Å². The maximum atomic E-state index is 10.7. The first-order valence-electron chi connectivity index (χ1n) is 6.65. The second kappa shape index (κ2) is 5.33. The van der Waals surface area contributed by atoms with Crippen LogP contribution in [0.25, 0.3) is 22.5 Å². The molecular formula is C16H13N3O3. The number of hydrogen-bond acceptors (Lipinski definition) is 4. The summed E-state index contributed by atoms with van der Waals surface area (Å²) >= 11 is 0. The average Bonchev–Trinajstić information content (AvgIpc) is 2.99. The maximum absolute atomic E-state index is 10.7. The lowest BCUT2D eigenvalue weighted by Crippen LogP contribution is -1.87. The molecule has 110 valence electrons. The normalized spacial score (nSPS) is 10.6. The zero-order valence-electron chi connectivity index (χ0n) is 11.8. The summed E-state index contributed by atoms with van der Waals surface area (Å²) in [6, 6.07) is 13.3. The minimum Gasteiger partial charge on any atom is -0.507 e. The number of benzene rings is 2. The molecule has 0 amide bonds. The first-order valence-corrected chi connectivity index (χ1v) is 6.65. The molecule has 6 heteroatoms. The summed E-state index contributed by atoms with van der Waals surface area (Å²) in [6.07, 6.45) is 0. The Morgan fingerprint density at radius 1 is 1.14 bits per heavy atom. The lowest BCUT2D eigenvalue weighted by Gasteiger charge is -2.02. The van der Waals surface area contributed by atoms with Crippen molar-refractivity contribution in [3.8, 4) is 28.3 Å². The van der Waals surface area contributed by atoms with Crippen molar-refractivity contribution in [2.75, 3.05) is 0 Å². The van der Waals surface area contributed by atoms with E-state index in [0.717, 1.165) is 11.1 Å². The maximum Gasteiger partial charge on any atom is 0.269 e. The number of nitrogens with zero attached hydrogens (tertiary/aromatic N) is 2. The van der Waals surface area contributed by atoms with Crippen LogP contribution in [0.1, 0.15) is 5.56 Å². The highest BCUT2D eigenvalue weighted by molar-refractivity contribution is 5.72. The quantitative estimate of drug-likeness (QED) is 0.569. The van der Waals surface area contributed by atoms with Crippen molar-refractivity contribution in [1.82, 2.24) is 10.2 Å². The smallest absolute Gasteiger partial charge is 0.269 e. The molecule has 3 rings (SSSR count). The summed E-state index contributed by atoms with van der Waals surface area (Å²) in [6.45, 7) is 1.94. The van der Waals surface area contributed by atoms with Crippen molar-refractivity contribution in [1.29, 1.82) is 0 Å². The van der Waals surface area contributed by atoms with Gasteiger partial charge in [-0.15, -0.1) is 0 Å². The van der Waals surface area contributed by atoms with E-state index in [9.17, 15) is 15.2 Å². The van der Waals surface area contributed by atoms with Crippen molar-refractivity contribution in [3.05, 3.63) is 64.2 Å². The van der Waals surface area contributed by atoms with Gasteiger partial charge in [-0.05, 0) is 37.3 Å². The van der Waals surface area contributed by atoms with Crippen molar-refractivity contribution >= 4 is 5.69 Å². The fourth-order valence-electron chi connectivity index (χ4n) is 2.23. The number of H-pyrrole nitrogens is 1. The monoisotopic (exact) mass is 295 g/mol. The Labute approximate surface area is 126 Å². The van der Waals surface area contributed by atoms with Crippen molar-refractivity contribution in [2.45, 2.75) is 6.92 Å². The molecule has 0 aliphatic rings. The molecule has 0 unspecified atom stereocenters. The van der Waals surface area contributed by atoms with Gasteiger partial charge in [-0.25, -0.2) is 0 Å². The summed E-state index contributed by atoms with van der Waals surface area (Å²) in [5.41, 5.74) is 3.84. The Morgan fingerprint density at radius 2 is 1.86 bits per heavy atom. The van der Waals surface area contributed by atoms with Crippen LogP contribution in [0.3, 0.4) is 0 Å². The van der Waals surface area contributed by atoms with Gasteiger partial charge >= 0.3 is 0 Å². The molecule has 22 heavy (non-hydrogen) atoms. The highest BCUT2D eigenvalue weighted by Crippen LogP contribution is 2.31. The second-order valence-electron chi connectivity index (χ2n) is 4.99. The number of nitro groups is 1. The van der Waals surface area contributed by atoms with Gasteiger partial charge in [0.2, 0.25) is 0 Å². The molecule has 6 nitrogen and oxygen atoms in total. The van der Waals surface area contributed by atoms with Crippen LogP contribution >= 0.6 is 0 Å². The highest BCUT2D eigenvalue weighted by Gasteiger charge is 2.11. The van der Waals surface area contributed by atoms with Gasteiger partial charge in [-0.2, -0.15) is 5.10 Å². The molecule has 2 aromatic carbocycles. The van der Waals surface area contributed by atoms with Gasteiger partial charge in [0.15, 0.2) is 0 Å². The minimum atomic E-state index is -0.440. The molecule has 0 radical (unpaired) electrons. The van der Waals surface area contributed by atoms with E-state index in [1.807, 2.05) is 19.1 Å². The Bertz CT molecular complexity index is 838. The summed E-state index contributed by atoms with van der Waals surface area (Å²) in [7, 11) is 0. The summed E-state index contributed by atoms with van der Waals surface area (Å²) in [4.78, 5) is 10.2. The highest BCUT2D eigenvalue weighted by atomic mass is 16.6. The molecule has 1 heterocycles. The van der Waals surface area contributed by atoms with Crippen LogP contribution in [-0.4, -0.2) is 20.2 Å². The molecule has 0 bridgehead atoms. The molecule has 3 aromatic rings. The van der Waals surface area contributed by atoms with Crippen LogP contribution in [0.5, 0.6) is 5.75 Å². The van der Waals surface area contributed by atoms with Gasteiger partial charge in [0.05, 0.1) is 16.3 Å². The molecule has 2 N–H and O–H groups in total. The fraction of sp³-hybridized carbons (Fsp3) is 0.0625. The molecule has 0 aliphatic heterocycles. The number of nitrogens with one attached hydrogen (secondary N) is 1. The van der Waals surface area contributed by atoms with Crippen LogP contribution in [0.4, 0.5) is 5.69 Å². The zero-order valence-corrected chi connectivity index (χ0v) is 11.8. The first kappa shape index (κ1) is 13.8. The predicted octanol–water partition coefficient (Wildman–Crippen LogP) is 3.67. The molecule has 0 saturated heterocycles. The first-order chi connectivity index (χ1) is 10.5. The van der Waals surface area contributed by atoms with E-state index in [-0.39, 0.29) is 11.4 Å². The third-order valence-electron chi connectivity index (χ3n) is 3.39. The molecule has 0 aliphatic carbocycles. The van der Waals surface area contributed by atoms with E-state index >= 15 is 0 Å². The van der Waals surface area contributed by atoms with Gasteiger partial charge < -0.3 is 5.11 Å². The van der Waals surface area contributed by atoms with E-state index in [1.165, 1.54) is 12.1 Å². The van der Waals surface area contributed by atoms with E-state index < -0.39 is 4.92 Å². The summed E-state index contributed by atoms with van der Waals surface area (Å²) in [5.74, 6) is 0.171. The Morgan fingerprint density at radius 3 is 2.55 bits per heavy atom. The van der Waals surface area contributed by atoms with E-state index in [0.29, 0.717) is 17.0 Å². The molecule has 1 aromatic heterocycles. The zero-order chi connectivity index (χ0) is 15.7. The van der Waals surface area contributed by atoms with Crippen molar-refractivity contribution in [3.63, 3.8) is 0 Å². The number of hydrogen-bond donors (Lipinski definition) is 2. The van der Waals surface area contributed by atoms with Crippen LogP contribution < -0.4 is 0 Å². The van der Waals surface area contributed by atoms with Gasteiger partial charge in [0.25, 0.3) is 5.69 Å². The number of aryl methyl sites for hydroxylation is 1. The third kappa shape index (κ3) is 2.54. The predicted molar refractivity (Wildman–Crippen MR) is 82.5 cm³/mol. The number of non-ortho nitro benzene ring substituents is 1. The SMILES string of the molecule is Cc1ccc(O)c(-c2cc(-c3ccc([N+](=O)[O-])cc3)n[nH]2)c1. The van der Waals surface area contributed by atoms with Gasteiger partial charge in [0.1, 0.15) is 5.75 Å². The largest absolute Gasteiger partial charge is 0.507 e. The Hall–Kier alpha value is -3.15. The fourth-order valence-corrected chi connectivity index (χ4v) is 2.23. The molecule has 0 atom stereocenters. The Balaban J connectivity index is 1.96. The lowest BCUT2D eigenvalue weighted by atomic mass is 10.1. The summed E-state index contributed by atoms with van der Waals surface area (Å²) in [5, 5.41) is 27.7. The van der Waals surface area contributed by atoms with Gasteiger partial charge in [-0.3, -0.25) is 15.2 Å². The number of phenols is 1. The standard InChI is InChI=1S/C16H13N3O3/c1-10-2-7-16(20)13(8-10)15-9-14(17-18-15)11-3-5-12(6-4-11)19(21)22/h2-9,20H,1H3,(H,17,18). The molecule has 0 saturated carbocycles. The van der Waals surface area contributed by atoms with Crippen LogP contribution in [-0.2, 0) is 0 Å². The van der Waals surface area contributed by atoms with Gasteiger partial charge in [0, 0.05) is 23.3 Å². The number of phenolic OH excluding ortho intramolecular Hbond substituents is 1. The third-order valence-corrected chi connectivity index (χ3v) is 3.39. The Kier molecular flexibility index (Phi) is 3.34. The van der Waals surface area contributed by atoms with E-state index in [1.54, 1.807) is 24.3 Å². The number of aromatic amines is 1. The van der Waals surface area contributed by atoms with Crippen LogP contribution in [0, 0.1) is 17.0 Å². The molecule has 0 fully saturated rings. The lowest BCUT2D eigenvalue weighted by molar-refractivity contribution is -0.384. The van der Waals surface area contributed by atoms with E-state index in [4.69, 9.17) is 0 Å². The summed E-state index contributed by atoms with van der Waals surface area (Å²) < 4.78 is 0. The van der Waals surface area contributed by atoms with Crippen molar-refractivity contribution in [2.24, 2.45) is 0 Å². The van der Waals surface area contributed by atoms with Crippen LogP contribution in [0.2, 0.25) is 0 Å². The number of rotatable bonds is 3. The van der Waals surface area contributed by atoms with E-state index in [2.05, 4.69) is 10.2 Å². The number of aromatic hydroxyl groups is 1. The van der Waals surface area contributed by atoms with Crippen molar-refractivity contribution < 1.29 is 10.0 Å². The molecule has 0 spiro atoms. The molecular weight excluding hydrogens is 282 g/mol. The average molecular weight is 295 g/mol.